The van der Waals surface area contributed by atoms with Gasteiger partial charge < -0.3 is 10.1 Å². The second-order valence-electron chi connectivity index (χ2n) is 5.36. The van der Waals surface area contributed by atoms with Crippen molar-refractivity contribution in [3.63, 3.8) is 0 Å². The maximum Gasteiger partial charge on any atom is 0.0809 e. The molecular weight excluding hydrogens is 256 g/mol. The van der Waals surface area contributed by atoms with Gasteiger partial charge in [-0.05, 0) is 48.8 Å². The average Bonchev–Trinajstić information content (AvgIpc) is 3.15. The van der Waals surface area contributed by atoms with Gasteiger partial charge in [0.15, 0.2) is 0 Å². The van der Waals surface area contributed by atoms with Crippen molar-refractivity contribution >= 4 is 21.6 Å². The molecule has 0 aliphatic heterocycles. The van der Waals surface area contributed by atoms with Crippen LogP contribution in [0.5, 0.6) is 0 Å². The topological polar surface area (TPSA) is 34.1 Å². The number of nitrogens with one attached hydrogen (secondary N) is 1. The molecule has 2 aromatic heterocycles. The molecule has 0 amide bonds. The van der Waals surface area contributed by atoms with Crippen LogP contribution in [0.15, 0.2) is 23.7 Å². The van der Waals surface area contributed by atoms with Crippen molar-refractivity contribution in [1.82, 2.24) is 10.3 Å². The van der Waals surface area contributed by atoms with E-state index in [9.17, 15) is 0 Å². The maximum atomic E-state index is 5.32. The van der Waals surface area contributed by atoms with Crippen molar-refractivity contribution in [2.24, 2.45) is 5.92 Å². The SMILES string of the molecule is COCC(NC(C)c1cnc2ccsc2c1)C1CC1. The summed E-state index contributed by atoms with van der Waals surface area (Å²) in [6.07, 6.45) is 4.65. The fourth-order valence-electron chi connectivity index (χ4n) is 2.51. The van der Waals surface area contributed by atoms with Gasteiger partial charge in [0, 0.05) is 25.4 Å². The lowest BCUT2D eigenvalue weighted by Gasteiger charge is -2.22. The van der Waals surface area contributed by atoms with Gasteiger partial charge in [0.25, 0.3) is 0 Å². The second-order valence-corrected chi connectivity index (χ2v) is 6.31. The Morgan fingerprint density at radius 3 is 3.11 bits per heavy atom. The van der Waals surface area contributed by atoms with E-state index in [4.69, 9.17) is 4.74 Å². The van der Waals surface area contributed by atoms with Crippen molar-refractivity contribution in [3.8, 4) is 0 Å². The Kier molecular flexibility index (Phi) is 3.82. The fourth-order valence-corrected chi connectivity index (χ4v) is 3.30. The molecule has 3 rings (SSSR count). The number of nitrogens with zero attached hydrogens (tertiary/aromatic N) is 1. The van der Waals surface area contributed by atoms with E-state index in [1.54, 1.807) is 18.4 Å². The van der Waals surface area contributed by atoms with Crippen molar-refractivity contribution < 1.29 is 4.74 Å². The van der Waals surface area contributed by atoms with Crippen LogP contribution in [0.1, 0.15) is 31.4 Å². The number of hydrogen-bond donors (Lipinski definition) is 1. The summed E-state index contributed by atoms with van der Waals surface area (Å²) < 4.78 is 6.59. The fraction of sp³-hybridized carbons (Fsp3) is 0.533. The van der Waals surface area contributed by atoms with Crippen molar-refractivity contribution in [1.29, 1.82) is 0 Å². The Bertz CT molecular complexity index is 550. The number of ether oxygens (including phenoxy) is 1. The molecule has 0 saturated heterocycles. The van der Waals surface area contributed by atoms with E-state index in [0.717, 1.165) is 18.0 Å². The van der Waals surface area contributed by atoms with E-state index in [0.29, 0.717) is 12.1 Å². The molecule has 102 valence electrons. The molecule has 0 spiro atoms. The number of rotatable bonds is 6. The summed E-state index contributed by atoms with van der Waals surface area (Å²) in [7, 11) is 1.78. The quantitative estimate of drug-likeness (QED) is 0.878. The summed E-state index contributed by atoms with van der Waals surface area (Å²) >= 11 is 1.75. The maximum absolute atomic E-state index is 5.32. The Morgan fingerprint density at radius 1 is 1.53 bits per heavy atom. The van der Waals surface area contributed by atoms with Crippen LogP contribution >= 0.6 is 11.3 Å². The molecule has 3 nitrogen and oxygen atoms in total. The molecule has 0 bridgehead atoms. The van der Waals surface area contributed by atoms with Gasteiger partial charge in [-0.15, -0.1) is 11.3 Å². The van der Waals surface area contributed by atoms with Gasteiger partial charge in [0.1, 0.15) is 0 Å². The molecule has 0 aromatic carbocycles. The van der Waals surface area contributed by atoms with Gasteiger partial charge >= 0.3 is 0 Å². The Morgan fingerprint density at radius 2 is 2.37 bits per heavy atom. The van der Waals surface area contributed by atoms with Crippen LogP contribution < -0.4 is 5.32 Å². The zero-order chi connectivity index (χ0) is 13.2. The van der Waals surface area contributed by atoms with Crippen LogP contribution in [0.2, 0.25) is 0 Å². The summed E-state index contributed by atoms with van der Waals surface area (Å²) in [5, 5.41) is 5.79. The molecule has 19 heavy (non-hydrogen) atoms. The molecule has 4 heteroatoms. The molecule has 2 aromatic rings. The van der Waals surface area contributed by atoms with Crippen LogP contribution in [0.25, 0.3) is 10.2 Å². The highest BCUT2D eigenvalue weighted by Crippen LogP contribution is 2.34. The first-order valence-electron chi connectivity index (χ1n) is 6.86. The van der Waals surface area contributed by atoms with E-state index < -0.39 is 0 Å². The van der Waals surface area contributed by atoms with Crippen LogP contribution in [0, 0.1) is 5.92 Å². The minimum Gasteiger partial charge on any atom is -0.383 e. The lowest BCUT2D eigenvalue weighted by molar-refractivity contribution is 0.152. The summed E-state index contributed by atoms with van der Waals surface area (Å²) in [6, 6.07) is 5.11. The van der Waals surface area contributed by atoms with Crippen molar-refractivity contribution in [2.75, 3.05) is 13.7 Å². The van der Waals surface area contributed by atoms with Gasteiger partial charge in [-0.3, -0.25) is 4.98 Å². The monoisotopic (exact) mass is 276 g/mol. The number of thiophene rings is 1. The Labute approximate surface area is 118 Å². The molecule has 1 aliphatic carbocycles. The third-order valence-electron chi connectivity index (χ3n) is 3.83. The first kappa shape index (κ1) is 13.0. The predicted octanol–water partition coefficient (Wildman–Crippen LogP) is 3.37. The van der Waals surface area contributed by atoms with Crippen LogP contribution in [0.3, 0.4) is 0 Å². The van der Waals surface area contributed by atoms with Gasteiger partial charge in [-0.1, -0.05) is 0 Å². The minimum absolute atomic E-state index is 0.319. The Hall–Kier alpha value is -0.970. The van der Waals surface area contributed by atoms with Crippen LogP contribution in [-0.2, 0) is 4.74 Å². The number of pyridine rings is 1. The zero-order valence-corrected chi connectivity index (χ0v) is 12.2. The lowest BCUT2D eigenvalue weighted by Crippen LogP contribution is -2.37. The molecule has 1 aliphatic rings. The predicted molar refractivity (Wildman–Crippen MR) is 79.6 cm³/mol. The lowest BCUT2D eigenvalue weighted by atomic mass is 10.1. The summed E-state index contributed by atoms with van der Waals surface area (Å²) in [5.74, 6) is 0.792. The smallest absolute Gasteiger partial charge is 0.0809 e. The molecule has 1 saturated carbocycles. The Balaban J connectivity index is 1.72. The van der Waals surface area contributed by atoms with Gasteiger partial charge in [0.2, 0.25) is 0 Å². The van der Waals surface area contributed by atoms with Crippen LogP contribution in [-0.4, -0.2) is 24.7 Å². The average molecular weight is 276 g/mol. The van der Waals surface area contributed by atoms with Gasteiger partial charge in [0.05, 0.1) is 16.8 Å². The first-order valence-corrected chi connectivity index (χ1v) is 7.74. The highest BCUT2D eigenvalue weighted by molar-refractivity contribution is 7.17. The molecule has 2 atom stereocenters. The number of hydrogen-bond acceptors (Lipinski definition) is 4. The molecule has 2 heterocycles. The summed E-state index contributed by atoms with van der Waals surface area (Å²) in [4.78, 5) is 4.52. The van der Waals surface area contributed by atoms with Crippen molar-refractivity contribution in [2.45, 2.75) is 31.8 Å². The van der Waals surface area contributed by atoms with Crippen LogP contribution in [0.4, 0.5) is 0 Å². The number of methoxy groups -OCH3 is 1. The standard InChI is InChI=1S/C15H20N2OS/c1-10(17-14(9-18-2)11-3-4-11)12-7-15-13(16-8-12)5-6-19-15/h5-8,10-11,14,17H,3-4,9H2,1-2H3. The zero-order valence-electron chi connectivity index (χ0n) is 11.4. The summed E-state index contributed by atoms with van der Waals surface area (Å²) in [5.41, 5.74) is 2.35. The molecular formula is C15H20N2OS. The van der Waals surface area contributed by atoms with Crippen molar-refractivity contribution in [3.05, 3.63) is 29.3 Å². The number of aromatic nitrogens is 1. The largest absolute Gasteiger partial charge is 0.383 e. The number of fused-ring (bicyclic) bond motifs is 1. The van der Waals surface area contributed by atoms with Gasteiger partial charge in [-0.2, -0.15) is 0 Å². The van der Waals surface area contributed by atoms with E-state index in [1.165, 1.54) is 23.1 Å². The molecule has 1 N–H and O–H groups in total. The molecule has 1 fully saturated rings. The van der Waals surface area contributed by atoms with E-state index in [1.807, 2.05) is 6.20 Å². The third kappa shape index (κ3) is 2.96. The third-order valence-corrected chi connectivity index (χ3v) is 4.68. The molecule has 0 radical (unpaired) electrons. The second kappa shape index (κ2) is 5.57. The highest BCUT2D eigenvalue weighted by atomic mass is 32.1. The first-order chi connectivity index (χ1) is 9.28. The van der Waals surface area contributed by atoms with E-state index in [2.05, 4.69) is 34.7 Å². The normalized spacial score (nSPS) is 18.6. The summed E-state index contributed by atoms with van der Waals surface area (Å²) in [6.45, 7) is 3.01. The minimum atomic E-state index is 0.319. The van der Waals surface area contributed by atoms with Gasteiger partial charge in [-0.25, -0.2) is 0 Å². The van der Waals surface area contributed by atoms with E-state index >= 15 is 0 Å². The van der Waals surface area contributed by atoms with E-state index in [-0.39, 0.29) is 0 Å². The highest BCUT2D eigenvalue weighted by Gasteiger charge is 2.31. The molecule has 2 unspecified atom stereocenters.